The molecule has 3 rings (SSSR count). The third kappa shape index (κ3) is 3.46. The Hall–Kier alpha value is -1.70. The number of amides is 1. The summed E-state index contributed by atoms with van der Waals surface area (Å²) in [6.45, 7) is 1.46. The van der Waals surface area contributed by atoms with Gasteiger partial charge in [0.1, 0.15) is 5.69 Å². The molecular weight excluding hydrogens is 318 g/mol. The smallest absolute Gasteiger partial charge is 0.274 e. The van der Waals surface area contributed by atoms with E-state index in [1.54, 1.807) is 21.7 Å². The molecule has 2 aromatic heterocycles. The van der Waals surface area contributed by atoms with Gasteiger partial charge in [-0.1, -0.05) is 11.6 Å². The quantitative estimate of drug-likeness (QED) is 0.901. The second-order valence-corrected chi connectivity index (χ2v) is 6.83. The molecule has 1 atom stereocenters. The van der Waals surface area contributed by atoms with Gasteiger partial charge < -0.3 is 14.9 Å². The van der Waals surface area contributed by atoms with Crippen LogP contribution in [0.3, 0.4) is 0 Å². The minimum Gasteiger partial charge on any atom is -0.387 e. The fraction of sp³-hybridized carbons (Fsp3) is 0.533. The third-order valence-corrected chi connectivity index (χ3v) is 4.15. The zero-order valence-electron chi connectivity index (χ0n) is 13.2. The van der Waals surface area contributed by atoms with Gasteiger partial charge in [-0.05, 0) is 26.9 Å². The summed E-state index contributed by atoms with van der Waals surface area (Å²) in [7, 11) is 3.83. The van der Waals surface area contributed by atoms with Crippen LogP contribution in [0.25, 0.3) is 5.78 Å². The molecule has 1 amide bonds. The lowest BCUT2D eigenvalue weighted by Gasteiger charge is -2.40. The number of aromatic nitrogens is 3. The van der Waals surface area contributed by atoms with Crippen molar-refractivity contribution < 1.29 is 9.90 Å². The van der Waals surface area contributed by atoms with Crippen LogP contribution in [0.1, 0.15) is 23.3 Å². The number of nitrogens with zero attached hydrogens (tertiary/aromatic N) is 5. The summed E-state index contributed by atoms with van der Waals surface area (Å²) in [5.41, 5.74) is -0.563. The maximum Gasteiger partial charge on any atom is 0.274 e. The number of imidazole rings is 1. The Balaban J connectivity index is 1.81. The average molecular weight is 338 g/mol. The fourth-order valence-corrected chi connectivity index (χ4v) is 3.28. The zero-order valence-corrected chi connectivity index (χ0v) is 14.0. The summed E-state index contributed by atoms with van der Waals surface area (Å²) >= 11 is 5.90. The van der Waals surface area contributed by atoms with E-state index >= 15 is 0 Å². The van der Waals surface area contributed by atoms with Crippen molar-refractivity contribution in [2.75, 3.05) is 33.7 Å². The Morgan fingerprint density at radius 3 is 3.00 bits per heavy atom. The molecule has 2 aromatic rings. The van der Waals surface area contributed by atoms with E-state index in [0.29, 0.717) is 42.5 Å². The van der Waals surface area contributed by atoms with Crippen molar-refractivity contribution in [2.45, 2.75) is 18.4 Å². The van der Waals surface area contributed by atoms with E-state index in [2.05, 4.69) is 9.97 Å². The molecule has 124 valence electrons. The number of fused-ring (bicyclic) bond motifs is 1. The summed E-state index contributed by atoms with van der Waals surface area (Å²) in [5, 5.41) is 11.2. The molecule has 7 nitrogen and oxygen atoms in total. The number of halogens is 1. The fourth-order valence-electron chi connectivity index (χ4n) is 3.13. The number of carbonyl (C=O) groups is 1. The molecule has 1 fully saturated rings. The number of β-amino-alcohol motifs (C(OH)–C–C–N with tert-alkyl or cyclic N) is 1. The molecule has 1 aliphatic heterocycles. The van der Waals surface area contributed by atoms with E-state index in [9.17, 15) is 9.90 Å². The first kappa shape index (κ1) is 16.2. The van der Waals surface area contributed by atoms with E-state index in [4.69, 9.17) is 11.6 Å². The highest BCUT2D eigenvalue weighted by atomic mass is 35.5. The number of rotatable bonds is 3. The van der Waals surface area contributed by atoms with Crippen LogP contribution in [0.15, 0.2) is 18.6 Å². The first-order valence-electron chi connectivity index (χ1n) is 7.53. The number of likely N-dealkylation sites (N-methyl/N-ethyl adjacent to an activating group) is 1. The molecule has 0 aliphatic carbocycles. The van der Waals surface area contributed by atoms with Crippen molar-refractivity contribution in [3.05, 3.63) is 29.3 Å². The van der Waals surface area contributed by atoms with E-state index < -0.39 is 5.60 Å². The molecule has 8 heteroatoms. The Kier molecular flexibility index (Phi) is 4.27. The maximum atomic E-state index is 12.7. The van der Waals surface area contributed by atoms with Crippen LogP contribution in [-0.4, -0.2) is 74.5 Å². The van der Waals surface area contributed by atoms with Crippen LogP contribution < -0.4 is 0 Å². The van der Waals surface area contributed by atoms with Crippen LogP contribution in [0.4, 0.5) is 0 Å². The molecule has 0 saturated carbocycles. The Morgan fingerprint density at radius 1 is 1.48 bits per heavy atom. The number of hydrogen-bond donors (Lipinski definition) is 1. The van der Waals surface area contributed by atoms with Crippen LogP contribution in [0.2, 0.25) is 5.02 Å². The van der Waals surface area contributed by atoms with E-state index in [1.165, 1.54) is 6.20 Å². The average Bonchev–Trinajstić information content (AvgIpc) is 2.88. The van der Waals surface area contributed by atoms with Gasteiger partial charge in [0.05, 0.1) is 23.4 Å². The lowest BCUT2D eigenvalue weighted by molar-refractivity contribution is -0.0392. The molecule has 1 aliphatic rings. The topological polar surface area (TPSA) is 74.0 Å². The van der Waals surface area contributed by atoms with Crippen molar-refractivity contribution in [3.63, 3.8) is 0 Å². The van der Waals surface area contributed by atoms with Gasteiger partial charge in [0.2, 0.25) is 5.78 Å². The molecule has 0 radical (unpaired) electrons. The predicted molar refractivity (Wildman–Crippen MR) is 86.6 cm³/mol. The third-order valence-electron chi connectivity index (χ3n) is 3.95. The molecular formula is C15H20ClN5O2. The van der Waals surface area contributed by atoms with Gasteiger partial charge in [-0.2, -0.15) is 0 Å². The second kappa shape index (κ2) is 6.07. The minimum absolute atomic E-state index is 0.191. The van der Waals surface area contributed by atoms with Crippen molar-refractivity contribution in [1.82, 2.24) is 24.2 Å². The monoisotopic (exact) mass is 337 g/mol. The van der Waals surface area contributed by atoms with Gasteiger partial charge in [-0.25, -0.2) is 9.97 Å². The molecule has 0 spiro atoms. The van der Waals surface area contributed by atoms with Crippen LogP contribution in [-0.2, 0) is 0 Å². The zero-order chi connectivity index (χ0) is 16.6. The van der Waals surface area contributed by atoms with Crippen LogP contribution >= 0.6 is 11.6 Å². The normalized spacial score (nSPS) is 22.0. The van der Waals surface area contributed by atoms with E-state index in [1.807, 2.05) is 19.0 Å². The second-order valence-electron chi connectivity index (χ2n) is 6.40. The van der Waals surface area contributed by atoms with Crippen molar-refractivity contribution in [2.24, 2.45) is 0 Å². The van der Waals surface area contributed by atoms with Gasteiger partial charge in [0.25, 0.3) is 5.91 Å². The molecule has 1 N–H and O–H groups in total. The number of aliphatic hydroxyl groups is 1. The van der Waals surface area contributed by atoms with Gasteiger partial charge in [-0.15, -0.1) is 0 Å². The molecule has 0 aromatic carbocycles. The molecule has 1 saturated heterocycles. The van der Waals surface area contributed by atoms with Crippen molar-refractivity contribution >= 4 is 23.3 Å². The largest absolute Gasteiger partial charge is 0.387 e. The Labute approximate surface area is 139 Å². The number of piperidine rings is 1. The highest BCUT2D eigenvalue weighted by Crippen LogP contribution is 2.23. The van der Waals surface area contributed by atoms with Gasteiger partial charge in [-0.3, -0.25) is 9.20 Å². The highest BCUT2D eigenvalue weighted by molar-refractivity contribution is 6.30. The summed E-state index contributed by atoms with van der Waals surface area (Å²) in [5.74, 6) is 0.238. The Bertz CT molecular complexity index is 732. The van der Waals surface area contributed by atoms with E-state index in [0.717, 1.165) is 6.42 Å². The lowest BCUT2D eigenvalue weighted by Crippen LogP contribution is -2.54. The summed E-state index contributed by atoms with van der Waals surface area (Å²) < 4.78 is 1.63. The summed E-state index contributed by atoms with van der Waals surface area (Å²) in [6, 6.07) is 0. The van der Waals surface area contributed by atoms with Crippen molar-refractivity contribution in [3.8, 4) is 0 Å². The minimum atomic E-state index is -0.877. The predicted octanol–water partition coefficient (Wildman–Crippen LogP) is 0.911. The first-order valence-corrected chi connectivity index (χ1v) is 7.91. The standard InChI is InChI=1S/C15H20ClN5O2/c1-19(2)9-15(23)4-3-5-20(10-15)13(22)12-8-21-7-11(16)6-17-14(21)18-12/h6-8,23H,3-5,9-10H2,1-2H3/t15-/m1/s1. The summed E-state index contributed by atoms with van der Waals surface area (Å²) in [6.07, 6.45) is 6.24. The van der Waals surface area contributed by atoms with Gasteiger partial charge >= 0.3 is 0 Å². The number of carbonyl (C=O) groups excluding carboxylic acids is 1. The lowest BCUT2D eigenvalue weighted by atomic mass is 9.92. The molecule has 0 bridgehead atoms. The maximum absolute atomic E-state index is 12.7. The van der Waals surface area contributed by atoms with Gasteiger partial charge in [0.15, 0.2) is 0 Å². The Morgan fingerprint density at radius 2 is 2.26 bits per heavy atom. The van der Waals surface area contributed by atoms with Crippen LogP contribution in [0, 0.1) is 0 Å². The molecule has 0 unspecified atom stereocenters. The van der Waals surface area contributed by atoms with Gasteiger partial charge in [0, 0.05) is 25.5 Å². The number of likely N-dealkylation sites (tertiary alicyclic amines) is 1. The summed E-state index contributed by atoms with van der Waals surface area (Å²) in [4.78, 5) is 24.6. The highest BCUT2D eigenvalue weighted by Gasteiger charge is 2.36. The molecule has 23 heavy (non-hydrogen) atoms. The van der Waals surface area contributed by atoms with Crippen LogP contribution in [0.5, 0.6) is 0 Å². The number of hydrogen-bond acceptors (Lipinski definition) is 5. The first-order chi connectivity index (χ1) is 10.9. The molecule has 3 heterocycles. The van der Waals surface area contributed by atoms with E-state index in [-0.39, 0.29) is 5.91 Å². The SMILES string of the molecule is CN(C)C[C@]1(O)CCCN(C(=O)c2cn3cc(Cl)cnc3n2)C1. The van der Waals surface area contributed by atoms with Crippen molar-refractivity contribution in [1.29, 1.82) is 0 Å².